The van der Waals surface area contributed by atoms with Crippen molar-refractivity contribution in [3.63, 3.8) is 0 Å². The van der Waals surface area contributed by atoms with Crippen molar-refractivity contribution in [3.8, 4) is 11.5 Å². The van der Waals surface area contributed by atoms with Crippen molar-refractivity contribution >= 4 is 19.7 Å². The van der Waals surface area contributed by atoms with Gasteiger partial charge >= 0.3 is 0 Å². The topological polar surface area (TPSA) is 52.6 Å². The van der Waals surface area contributed by atoms with Crippen molar-refractivity contribution in [2.45, 2.75) is 4.90 Å². The van der Waals surface area contributed by atoms with Crippen LogP contribution in [0.3, 0.4) is 0 Å². The van der Waals surface area contributed by atoms with Crippen molar-refractivity contribution in [1.82, 2.24) is 0 Å². The molecule has 0 aromatic heterocycles. The van der Waals surface area contributed by atoms with E-state index < -0.39 is 19.8 Å². The third kappa shape index (κ3) is 2.32. The van der Waals surface area contributed by atoms with E-state index in [1.165, 1.54) is 20.3 Å². The standard InChI is InChI=1S/C8H8ClFO4S/c1-13-5-3-4-6(15(9,11)12)7(10)8(5)14-2/h3-4H,1-2H3. The lowest BCUT2D eigenvalue weighted by molar-refractivity contribution is 0.333. The van der Waals surface area contributed by atoms with Gasteiger partial charge in [-0.1, -0.05) is 0 Å². The van der Waals surface area contributed by atoms with E-state index >= 15 is 0 Å². The molecule has 0 bridgehead atoms. The number of methoxy groups -OCH3 is 2. The zero-order valence-electron chi connectivity index (χ0n) is 7.95. The normalized spacial score (nSPS) is 11.2. The summed E-state index contributed by atoms with van der Waals surface area (Å²) in [6.07, 6.45) is 0. The van der Waals surface area contributed by atoms with Crippen LogP contribution in [-0.2, 0) is 9.05 Å². The third-order valence-corrected chi connectivity index (χ3v) is 3.05. The molecule has 0 unspecified atom stereocenters. The molecule has 84 valence electrons. The molecule has 7 heteroatoms. The Kier molecular flexibility index (Phi) is 3.41. The first-order valence-corrected chi connectivity index (χ1v) is 6.08. The summed E-state index contributed by atoms with van der Waals surface area (Å²) in [7, 11) is 3.41. The Hall–Kier alpha value is -1.01. The summed E-state index contributed by atoms with van der Waals surface area (Å²) < 4.78 is 44.9. The van der Waals surface area contributed by atoms with E-state index in [0.717, 1.165) is 6.07 Å². The molecule has 0 saturated carbocycles. The first kappa shape index (κ1) is 12.1. The molecule has 15 heavy (non-hydrogen) atoms. The van der Waals surface area contributed by atoms with E-state index in [2.05, 4.69) is 4.74 Å². The molecule has 1 rings (SSSR count). The van der Waals surface area contributed by atoms with Gasteiger partial charge in [-0.25, -0.2) is 12.8 Å². The van der Waals surface area contributed by atoms with E-state index in [0.29, 0.717) is 0 Å². The van der Waals surface area contributed by atoms with Gasteiger partial charge in [-0.3, -0.25) is 0 Å². The van der Waals surface area contributed by atoms with Crippen LogP contribution in [0.5, 0.6) is 11.5 Å². The summed E-state index contributed by atoms with van der Waals surface area (Å²) in [6.45, 7) is 0. The number of hydrogen-bond donors (Lipinski definition) is 0. The first-order valence-electron chi connectivity index (χ1n) is 3.77. The molecule has 0 fully saturated rings. The van der Waals surface area contributed by atoms with E-state index in [4.69, 9.17) is 15.4 Å². The van der Waals surface area contributed by atoms with Crippen molar-refractivity contribution in [1.29, 1.82) is 0 Å². The molecule has 0 aliphatic carbocycles. The van der Waals surface area contributed by atoms with Crippen LogP contribution in [0.15, 0.2) is 17.0 Å². The maximum atomic E-state index is 13.5. The van der Waals surface area contributed by atoms with Crippen LogP contribution in [0.1, 0.15) is 0 Å². The average molecular weight is 255 g/mol. The summed E-state index contributed by atoms with van der Waals surface area (Å²) in [5.41, 5.74) is 0. The van der Waals surface area contributed by atoms with Gasteiger partial charge in [0.25, 0.3) is 9.05 Å². The summed E-state index contributed by atoms with van der Waals surface area (Å²) in [4.78, 5) is -0.637. The lowest BCUT2D eigenvalue weighted by Gasteiger charge is -2.09. The highest BCUT2D eigenvalue weighted by molar-refractivity contribution is 8.13. The minimum absolute atomic E-state index is 0.0964. The fourth-order valence-corrected chi connectivity index (χ4v) is 1.95. The molecule has 0 N–H and O–H groups in total. The maximum Gasteiger partial charge on any atom is 0.264 e. The van der Waals surface area contributed by atoms with Gasteiger partial charge in [0.2, 0.25) is 0 Å². The van der Waals surface area contributed by atoms with Crippen molar-refractivity contribution < 1.29 is 22.3 Å². The predicted octanol–water partition coefficient (Wildman–Crippen LogP) is 1.77. The van der Waals surface area contributed by atoms with Crippen LogP contribution in [0.4, 0.5) is 4.39 Å². The van der Waals surface area contributed by atoms with Crippen LogP contribution in [0.2, 0.25) is 0 Å². The smallest absolute Gasteiger partial charge is 0.264 e. The Balaban J connectivity index is 3.50. The SMILES string of the molecule is COc1ccc(S(=O)(=O)Cl)c(F)c1OC. The minimum Gasteiger partial charge on any atom is -0.493 e. The van der Waals surface area contributed by atoms with Gasteiger partial charge in [-0.15, -0.1) is 0 Å². The molecule has 1 aromatic rings. The maximum absolute atomic E-state index is 13.5. The van der Waals surface area contributed by atoms with Gasteiger partial charge in [-0.2, -0.15) is 0 Å². The molecule has 1 aromatic carbocycles. The third-order valence-electron chi connectivity index (χ3n) is 1.71. The Morgan fingerprint density at radius 3 is 2.27 bits per heavy atom. The Morgan fingerprint density at radius 1 is 1.27 bits per heavy atom. The molecule has 0 radical (unpaired) electrons. The van der Waals surface area contributed by atoms with Crippen LogP contribution >= 0.6 is 10.7 Å². The van der Waals surface area contributed by atoms with Crippen molar-refractivity contribution in [2.24, 2.45) is 0 Å². The van der Waals surface area contributed by atoms with Crippen LogP contribution in [0, 0.1) is 5.82 Å². The second-order valence-electron chi connectivity index (χ2n) is 2.55. The first-order chi connectivity index (χ1) is 6.91. The molecular formula is C8H8ClFO4S. The Morgan fingerprint density at radius 2 is 1.87 bits per heavy atom. The number of hydrogen-bond acceptors (Lipinski definition) is 4. The summed E-state index contributed by atoms with van der Waals surface area (Å²) in [5, 5.41) is 0. The number of rotatable bonds is 3. The van der Waals surface area contributed by atoms with Gasteiger partial charge in [0.05, 0.1) is 14.2 Å². The average Bonchev–Trinajstić information content (AvgIpc) is 2.15. The monoisotopic (exact) mass is 254 g/mol. The lowest BCUT2D eigenvalue weighted by Crippen LogP contribution is -2.00. The highest BCUT2D eigenvalue weighted by Gasteiger charge is 2.22. The quantitative estimate of drug-likeness (QED) is 0.772. The molecule has 0 atom stereocenters. The van der Waals surface area contributed by atoms with Crippen LogP contribution in [-0.4, -0.2) is 22.6 Å². The van der Waals surface area contributed by atoms with Gasteiger partial charge < -0.3 is 9.47 Å². The highest BCUT2D eigenvalue weighted by atomic mass is 35.7. The van der Waals surface area contributed by atoms with Crippen molar-refractivity contribution in [2.75, 3.05) is 14.2 Å². The van der Waals surface area contributed by atoms with Crippen LogP contribution in [0.25, 0.3) is 0 Å². The molecule has 0 amide bonds. The van der Waals surface area contributed by atoms with Crippen molar-refractivity contribution in [3.05, 3.63) is 17.9 Å². The fraction of sp³-hybridized carbons (Fsp3) is 0.250. The van der Waals surface area contributed by atoms with E-state index in [9.17, 15) is 12.8 Å². The minimum atomic E-state index is -4.13. The summed E-state index contributed by atoms with van der Waals surface area (Å²) in [6, 6.07) is 2.27. The number of benzene rings is 1. The van der Waals surface area contributed by atoms with Gasteiger partial charge in [0, 0.05) is 10.7 Å². The summed E-state index contributed by atoms with van der Waals surface area (Å²) >= 11 is 0. The largest absolute Gasteiger partial charge is 0.493 e. The molecule has 0 aliphatic heterocycles. The molecule has 4 nitrogen and oxygen atoms in total. The molecule has 0 aliphatic rings. The second kappa shape index (κ2) is 4.24. The summed E-state index contributed by atoms with van der Waals surface area (Å²) in [5.74, 6) is -1.26. The highest BCUT2D eigenvalue weighted by Crippen LogP contribution is 2.34. The van der Waals surface area contributed by atoms with E-state index in [1.807, 2.05) is 0 Å². The van der Waals surface area contributed by atoms with E-state index in [1.54, 1.807) is 0 Å². The lowest BCUT2D eigenvalue weighted by atomic mass is 10.3. The number of ether oxygens (including phenoxy) is 2. The second-order valence-corrected chi connectivity index (χ2v) is 5.09. The van der Waals surface area contributed by atoms with Crippen LogP contribution < -0.4 is 9.47 Å². The van der Waals surface area contributed by atoms with Gasteiger partial charge in [-0.05, 0) is 12.1 Å². The zero-order chi connectivity index (χ0) is 11.6. The zero-order valence-corrected chi connectivity index (χ0v) is 9.52. The van der Waals surface area contributed by atoms with Gasteiger partial charge in [0.15, 0.2) is 17.3 Å². The molecule has 0 spiro atoms. The molecular weight excluding hydrogens is 247 g/mol. The Bertz CT molecular complexity index is 472. The van der Waals surface area contributed by atoms with E-state index in [-0.39, 0.29) is 11.5 Å². The fourth-order valence-electron chi connectivity index (χ4n) is 1.06. The number of halogens is 2. The predicted molar refractivity (Wildman–Crippen MR) is 52.5 cm³/mol. The molecule has 0 heterocycles. The molecule has 0 saturated heterocycles. The van der Waals surface area contributed by atoms with Gasteiger partial charge in [0.1, 0.15) is 4.90 Å². The Labute approximate surface area is 91.0 Å².